The first-order chi connectivity index (χ1) is 12.6. The summed E-state index contributed by atoms with van der Waals surface area (Å²) in [5, 5.41) is 0. The van der Waals surface area contributed by atoms with Gasteiger partial charge in [-0.05, 0) is 43.9 Å². The highest BCUT2D eigenvalue weighted by atomic mass is 19.1. The first-order valence-corrected chi connectivity index (χ1v) is 10.1. The van der Waals surface area contributed by atoms with Crippen LogP contribution in [0.2, 0.25) is 0 Å². The molecule has 0 aliphatic heterocycles. The fourth-order valence-corrected chi connectivity index (χ4v) is 3.56. The molecule has 0 aromatic heterocycles. The van der Waals surface area contributed by atoms with Crippen LogP contribution < -0.4 is 0 Å². The van der Waals surface area contributed by atoms with Crippen molar-refractivity contribution < 1.29 is 18.6 Å². The van der Waals surface area contributed by atoms with Crippen molar-refractivity contribution >= 4 is 0 Å². The molecule has 1 unspecified atom stereocenters. The van der Waals surface area contributed by atoms with E-state index in [1.165, 1.54) is 38.2 Å². The van der Waals surface area contributed by atoms with Crippen molar-refractivity contribution in [2.75, 3.05) is 20.8 Å². The number of rotatable bonds is 15. The minimum atomic E-state index is -1.02. The molecular weight excluding hydrogens is 331 g/mol. The van der Waals surface area contributed by atoms with Gasteiger partial charge >= 0.3 is 0 Å². The number of hydrogen-bond acceptors (Lipinski definition) is 3. The zero-order chi connectivity index (χ0) is 19.3. The van der Waals surface area contributed by atoms with E-state index >= 15 is 0 Å². The molecule has 0 saturated heterocycles. The molecule has 0 saturated carbocycles. The lowest BCUT2D eigenvalue weighted by Crippen LogP contribution is -2.45. The van der Waals surface area contributed by atoms with Crippen LogP contribution in [0.1, 0.15) is 70.8 Å². The Bertz CT molecular complexity index is 474. The molecule has 150 valence electrons. The number of unbranched alkanes of at least 4 members (excludes halogenated alkanes) is 5. The summed E-state index contributed by atoms with van der Waals surface area (Å²) in [5.74, 6) is -1.11. The highest BCUT2D eigenvalue weighted by molar-refractivity contribution is 5.16. The number of hydrogen-bond donors (Lipinski definition) is 0. The molecule has 0 bridgehead atoms. The zero-order valence-corrected chi connectivity index (χ0v) is 17.1. The van der Waals surface area contributed by atoms with Crippen molar-refractivity contribution in [3.8, 4) is 0 Å². The average molecular weight is 369 g/mol. The molecular formula is C22H37FO3. The Hall–Kier alpha value is -0.970. The summed E-state index contributed by atoms with van der Waals surface area (Å²) in [5.41, 5.74) is 0.996. The molecule has 0 aliphatic rings. The molecule has 1 aromatic carbocycles. The van der Waals surface area contributed by atoms with Gasteiger partial charge in [0.05, 0.1) is 0 Å². The Kier molecular flexibility index (Phi) is 11.7. The van der Waals surface area contributed by atoms with Gasteiger partial charge < -0.3 is 14.2 Å². The molecule has 0 N–H and O–H groups in total. The van der Waals surface area contributed by atoms with Gasteiger partial charge in [-0.1, -0.05) is 57.6 Å². The fourth-order valence-electron chi connectivity index (χ4n) is 3.56. The predicted molar refractivity (Wildman–Crippen MR) is 105 cm³/mol. The van der Waals surface area contributed by atoms with Crippen LogP contribution in [-0.4, -0.2) is 26.8 Å². The first-order valence-electron chi connectivity index (χ1n) is 10.1. The van der Waals surface area contributed by atoms with Crippen LogP contribution in [0.3, 0.4) is 0 Å². The standard InChI is InChI=1S/C22H37FO3/c1-5-7-8-9-10-11-14-20(22(24-3,25-4)26-6-2)17-16-19-13-12-15-21(23)18-19/h12-13,15,18,20H,5-11,14,16-17H2,1-4H3. The van der Waals surface area contributed by atoms with Crippen LogP contribution >= 0.6 is 0 Å². The summed E-state index contributed by atoms with van der Waals surface area (Å²) in [4.78, 5) is 0. The summed E-state index contributed by atoms with van der Waals surface area (Å²) in [6, 6.07) is 6.80. The first kappa shape index (κ1) is 23.1. The van der Waals surface area contributed by atoms with E-state index in [9.17, 15) is 4.39 Å². The van der Waals surface area contributed by atoms with E-state index in [0.29, 0.717) is 6.61 Å². The number of aryl methyl sites for hydroxylation is 1. The third kappa shape index (κ3) is 7.73. The lowest BCUT2D eigenvalue weighted by molar-refractivity contribution is -0.388. The summed E-state index contributed by atoms with van der Waals surface area (Å²) >= 11 is 0. The molecule has 0 heterocycles. The summed E-state index contributed by atoms with van der Waals surface area (Å²) in [6.45, 7) is 4.70. The molecule has 0 fully saturated rings. The predicted octanol–water partition coefficient (Wildman–Crippen LogP) is 6.11. The third-order valence-corrected chi connectivity index (χ3v) is 4.99. The van der Waals surface area contributed by atoms with Crippen LogP contribution in [0.5, 0.6) is 0 Å². The van der Waals surface area contributed by atoms with Crippen LogP contribution in [-0.2, 0) is 20.6 Å². The van der Waals surface area contributed by atoms with Crippen LogP contribution in [0.4, 0.5) is 4.39 Å². The monoisotopic (exact) mass is 368 g/mol. The van der Waals surface area contributed by atoms with E-state index in [1.807, 2.05) is 13.0 Å². The highest BCUT2D eigenvalue weighted by Gasteiger charge is 2.40. The van der Waals surface area contributed by atoms with Crippen LogP contribution in [0.25, 0.3) is 0 Å². The molecule has 1 rings (SSSR count). The minimum Gasteiger partial charge on any atom is -0.331 e. The second kappa shape index (κ2) is 13.2. The SMILES string of the molecule is CCCCCCCCC(CCc1cccc(F)c1)C(OC)(OC)OCC. The van der Waals surface area contributed by atoms with Gasteiger partial charge in [-0.2, -0.15) is 0 Å². The zero-order valence-electron chi connectivity index (χ0n) is 17.1. The molecule has 1 atom stereocenters. The molecule has 0 aliphatic carbocycles. The molecule has 0 amide bonds. The second-order valence-corrected chi connectivity index (χ2v) is 6.87. The number of benzene rings is 1. The maximum atomic E-state index is 13.5. The molecule has 0 radical (unpaired) electrons. The summed E-state index contributed by atoms with van der Waals surface area (Å²) in [6.07, 6.45) is 10.1. The number of halogens is 1. The lowest BCUT2D eigenvalue weighted by atomic mass is 9.91. The second-order valence-electron chi connectivity index (χ2n) is 6.87. The van der Waals surface area contributed by atoms with E-state index in [2.05, 4.69) is 6.92 Å². The maximum Gasteiger partial charge on any atom is 0.285 e. The van der Waals surface area contributed by atoms with E-state index < -0.39 is 5.97 Å². The minimum absolute atomic E-state index is 0.104. The fraction of sp³-hybridized carbons (Fsp3) is 0.727. The van der Waals surface area contributed by atoms with Gasteiger partial charge in [-0.25, -0.2) is 4.39 Å². The van der Waals surface area contributed by atoms with Gasteiger partial charge in [0, 0.05) is 26.7 Å². The number of methoxy groups -OCH3 is 2. The Morgan fingerprint density at radius 1 is 0.962 bits per heavy atom. The molecule has 4 heteroatoms. The van der Waals surface area contributed by atoms with Gasteiger partial charge in [-0.3, -0.25) is 0 Å². The van der Waals surface area contributed by atoms with Gasteiger partial charge in [0.1, 0.15) is 5.82 Å². The Morgan fingerprint density at radius 3 is 2.27 bits per heavy atom. The topological polar surface area (TPSA) is 27.7 Å². The Labute approximate surface area is 159 Å². The maximum absolute atomic E-state index is 13.5. The smallest absolute Gasteiger partial charge is 0.285 e. The van der Waals surface area contributed by atoms with Crippen molar-refractivity contribution in [3.05, 3.63) is 35.6 Å². The van der Waals surface area contributed by atoms with Crippen molar-refractivity contribution in [3.63, 3.8) is 0 Å². The summed E-state index contributed by atoms with van der Waals surface area (Å²) in [7, 11) is 3.27. The van der Waals surface area contributed by atoms with E-state index in [0.717, 1.165) is 31.2 Å². The number of ether oxygens (including phenoxy) is 3. The van der Waals surface area contributed by atoms with Crippen LogP contribution in [0, 0.1) is 11.7 Å². The normalized spacial score (nSPS) is 13.1. The Morgan fingerprint density at radius 2 is 1.65 bits per heavy atom. The third-order valence-electron chi connectivity index (χ3n) is 4.99. The van der Waals surface area contributed by atoms with Crippen LogP contribution in [0.15, 0.2) is 24.3 Å². The highest BCUT2D eigenvalue weighted by Crippen LogP contribution is 2.33. The van der Waals surface area contributed by atoms with Gasteiger partial charge in [-0.15, -0.1) is 0 Å². The van der Waals surface area contributed by atoms with Crippen molar-refractivity contribution in [2.45, 2.75) is 77.6 Å². The van der Waals surface area contributed by atoms with E-state index in [4.69, 9.17) is 14.2 Å². The quantitative estimate of drug-likeness (QED) is 0.276. The van der Waals surface area contributed by atoms with Gasteiger partial charge in [0.25, 0.3) is 5.97 Å². The van der Waals surface area contributed by atoms with Gasteiger partial charge in [0.2, 0.25) is 0 Å². The lowest BCUT2D eigenvalue weighted by Gasteiger charge is -2.37. The Balaban J connectivity index is 2.69. The molecule has 26 heavy (non-hydrogen) atoms. The van der Waals surface area contributed by atoms with Crippen molar-refractivity contribution in [2.24, 2.45) is 5.92 Å². The molecule has 3 nitrogen and oxygen atoms in total. The largest absolute Gasteiger partial charge is 0.331 e. The van der Waals surface area contributed by atoms with E-state index in [-0.39, 0.29) is 11.7 Å². The van der Waals surface area contributed by atoms with Crippen molar-refractivity contribution in [1.29, 1.82) is 0 Å². The molecule has 0 spiro atoms. The molecule has 1 aromatic rings. The average Bonchev–Trinajstić information content (AvgIpc) is 2.65. The van der Waals surface area contributed by atoms with Crippen molar-refractivity contribution in [1.82, 2.24) is 0 Å². The van der Waals surface area contributed by atoms with E-state index in [1.54, 1.807) is 26.4 Å². The van der Waals surface area contributed by atoms with Gasteiger partial charge in [0.15, 0.2) is 0 Å². The summed E-state index contributed by atoms with van der Waals surface area (Å²) < 4.78 is 30.7.